The number of hydrogen-bond donors (Lipinski definition) is 1. The number of para-hydroxylation sites is 1. The van der Waals surface area contributed by atoms with Gasteiger partial charge in [-0.1, -0.05) is 18.2 Å². The van der Waals surface area contributed by atoms with Crippen LogP contribution in [0.3, 0.4) is 0 Å². The van der Waals surface area contributed by atoms with E-state index in [-0.39, 0.29) is 12.4 Å². The molecule has 16 heavy (non-hydrogen) atoms. The van der Waals surface area contributed by atoms with Gasteiger partial charge in [-0.3, -0.25) is 4.79 Å². The fourth-order valence-electron chi connectivity index (χ4n) is 1.55. The first-order valence-electron chi connectivity index (χ1n) is 5.01. The van der Waals surface area contributed by atoms with Crippen LogP contribution in [0.2, 0.25) is 0 Å². The molecule has 1 aromatic carbocycles. The molecule has 84 valence electrons. The van der Waals surface area contributed by atoms with Crippen LogP contribution in [0.15, 0.2) is 34.7 Å². The second kappa shape index (κ2) is 4.37. The smallest absolute Gasteiger partial charge is 0.307 e. The standard InChI is InChI=1S/C12H13NO3/c1-15-12(14)7-9(13)11-6-8-4-2-3-5-10(8)16-11/h2-6,9H,7,13H2,1H3/t9-/m0/s1. The number of benzene rings is 1. The van der Waals surface area contributed by atoms with E-state index in [2.05, 4.69) is 4.74 Å². The predicted octanol–water partition coefficient (Wildman–Crippen LogP) is 2.00. The van der Waals surface area contributed by atoms with Crippen molar-refractivity contribution < 1.29 is 13.9 Å². The molecule has 0 saturated heterocycles. The SMILES string of the molecule is COC(=O)C[C@H](N)c1cc2ccccc2o1. The number of esters is 1. The molecule has 0 fully saturated rings. The third-order valence-corrected chi connectivity index (χ3v) is 2.42. The molecule has 1 atom stereocenters. The maximum absolute atomic E-state index is 11.1. The highest BCUT2D eigenvalue weighted by atomic mass is 16.5. The van der Waals surface area contributed by atoms with Crippen LogP contribution in [-0.2, 0) is 9.53 Å². The van der Waals surface area contributed by atoms with E-state index in [1.807, 2.05) is 30.3 Å². The fourth-order valence-corrected chi connectivity index (χ4v) is 1.55. The van der Waals surface area contributed by atoms with Crippen LogP contribution < -0.4 is 5.73 Å². The van der Waals surface area contributed by atoms with Crippen molar-refractivity contribution in [3.05, 3.63) is 36.1 Å². The minimum Gasteiger partial charge on any atom is -0.469 e. The summed E-state index contributed by atoms with van der Waals surface area (Å²) in [5.74, 6) is 0.263. The van der Waals surface area contributed by atoms with Gasteiger partial charge in [-0.15, -0.1) is 0 Å². The molecule has 0 spiro atoms. The molecule has 0 saturated carbocycles. The average molecular weight is 219 g/mol. The minimum absolute atomic E-state index is 0.121. The van der Waals surface area contributed by atoms with Crippen molar-refractivity contribution in [2.45, 2.75) is 12.5 Å². The van der Waals surface area contributed by atoms with Crippen LogP contribution in [0.25, 0.3) is 11.0 Å². The van der Waals surface area contributed by atoms with Gasteiger partial charge in [0, 0.05) is 5.39 Å². The van der Waals surface area contributed by atoms with Crippen molar-refractivity contribution in [1.82, 2.24) is 0 Å². The number of ether oxygens (including phenoxy) is 1. The summed E-state index contributed by atoms with van der Waals surface area (Å²) in [5.41, 5.74) is 6.62. The molecule has 4 nitrogen and oxygen atoms in total. The Kier molecular flexibility index (Phi) is 2.92. The van der Waals surface area contributed by atoms with E-state index in [1.54, 1.807) is 0 Å². The van der Waals surface area contributed by atoms with Gasteiger partial charge in [0.2, 0.25) is 0 Å². The summed E-state index contributed by atoms with van der Waals surface area (Å²) in [4.78, 5) is 11.1. The number of fused-ring (bicyclic) bond motifs is 1. The average Bonchev–Trinajstić information content (AvgIpc) is 2.72. The molecule has 2 aromatic rings. The second-order valence-electron chi connectivity index (χ2n) is 3.57. The van der Waals surface area contributed by atoms with Crippen LogP contribution >= 0.6 is 0 Å². The third-order valence-electron chi connectivity index (χ3n) is 2.42. The largest absolute Gasteiger partial charge is 0.469 e. The lowest BCUT2D eigenvalue weighted by atomic mass is 10.1. The molecule has 0 aliphatic heterocycles. The van der Waals surface area contributed by atoms with E-state index in [0.717, 1.165) is 11.0 Å². The summed E-state index contributed by atoms with van der Waals surface area (Å²) in [6, 6.07) is 9.01. The minimum atomic E-state index is -0.458. The zero-order chi connectivity index (χ0) is 11.5. The molecule has 0 bridgehead atoms. The number of carbonyl (C=O) groups excluding carboxylic acids is 1. The summed E-state index contributed by atoms with van der Waals surface area (Å²) in [6.07, 6.45) is 0.121. The van der Waals surface area contributed by atoms with Crippen molar-refractivity contribution in [3.8, 4) is 0 Å². The summed E-state index contributed by atoms with van der Waals surface area (Å²) in [7, 11) is 1.34. The van der Waals surface area contributed by atoms with Crippen LogP contribution in [0.5, 0.6) is 0 Å². The molecule has 0 radical (unpaired) electrons. The first-order chi connectivity index (χ1) is 7.70. The fraction of sp³-hybridized carbons (Fsp3) is 0.250. The van der Waals surface area contributed by atoms with E-state index in [1.165, 1.54) is 7.11 Å². The van der Waals surface area contributed by atoms with Crippen molar-refractivity contribution in [2.24, 2.45) is 5.73 Å². The van der Waals surface area contributed by atoms with Crippen molar-refractivity contribution in [3.63, 3.8) is 0 Å². The van der Waals surface area contributed by atoms with E-state index < -0.39 is 6.04 Å². The third kappa shape index (κ3) is 2.06. The van der Waals surface area contributed by atoms with E-state index in [4.69, 9.17) is 10.2 Å². The maximum atomic E-state index is 11.1. The van der Waals surface area contributed by atoms with Gasteiger partial charge in [0.1, 0.15) is 11.3 Å². The maximum Gasteiger partial charge on any atom is 0.307 e. The highest BCUT2D eigenvalue weighted by Crippen LogP contribution is 2.24. The van der Waals surface area contributed by atoms with Crippen LogP contribution in [0.1, 0.15) is 18.2 Å². The number of rotatable bonds is 3. The Morgan fingerprint density at radius 1 is 1.50 bits per heavy atom. The molecule has 0 unspecified atom stereocenters. The molecule has 0 amide bonds. The van der Waals surface area contributed by atoms with Crippen LogP contribution in [-0.4, -0.2) is 13.1 Å². The van der Waals surface area contributed by atoms with Gasteiger partial charge < -0.3 is 14.9 Å². The van der Waals surface area contributed by atoms with Gasteiger partial charge in [-0.05, 0) is 12.1 Å². The zero-order valence-corrected chi connectivity index (χ0v) is 8.97. The van der Waals surface area contributed by atoms with Gasteiger partial charge in [-0.25, -0.2) is 0 Å². The Labute approximate surface area is 93.0 Å². The zero-order valence-electron chi connectivity index (χ0n) is 8.97. The van der Waals surface area contributed by atoms with Crippen LogP contribution in [0, 0.1) is 0 Å². The van der Waals surface area contributed by atoms with Gasteiger partial charge in [0.15, 0.2) is 0 Å². The molecule has 0 aliphatic carbocycles. The van der Waals surface area contributed by atoms with Crippen LogP contribution in [0.4, 0.5) is 0 Å². The predicted molar refractivity (Wildman–Crippen MR) is 59.8 cm³/mol. The summed E-state index contributed by atoms with van der Waals surface area (Å²) < 4.78 is 10.1. The van der Waals surface area contributed by atoms with Crippen molar-refractivity contribution in [1.29, 1.82) is 0 Å². The lowest BCUT2D eigenvalue weighted by Crippen LogP contribution is -2.15. The lowest BCUT2D eigenvalue weighted by molar-refractivity contribution is -0.141. The summed E-state index contributed by atoms with van der Waals surface area (Å²) >= 11 is 0. The number of hydrogen-bond acceptors (Lipinski definition) is 4. The number of carbonyl (C=O) groups is 1. The highest BCUT2D eigenvalue weighted by Gasteiger charge is 2.15. The first-order valence-corrected chi connectivity index (χ1v) is 5.01. The van der Waals surface area contributed by atoms with Crippen molar-refractivity contribution in [2.75, 3.05) is 7.11 Å². The normalized spacial score (nSPS) is 12.6. The molecule has 1 heterocycles. The first kappa shape index (κ1) is 10.7. The van der Waals surface area contributed by atoms with E-state index in [9.17, 15) is 4.79 Å². The molecule has 1 aromatic heterocycles. The Morgan fingerprint density at radius 3 is 2.94 bits per heavy atom. The summed E-state index contributed by atoms with van der Waals surface area (Å²) in [6.45, 7) is 0. The van der Waals surface area contributed by atoms with Gasteiger partial charge >= 0.3 is 5.97 Å². The van der Waals surface area contributed by atoms with Gasteiger partial charge in [-0.2, -0.15) is 0 Å². The monoisotopic (exact) mass is 219 g/mol. The number of nitrogens with two attached hydrogens (primary N) is 1. The second-order valence-corrected chi connectivity index (χ2v) is 3.57. The molecule has 2 N–H and O–H groups in total. The van der Waals surface area contributed by atoms with Gasteiger partial charge in [0.05, 0.1) is 19.6 Å². The number of furan rings is 1. The quantitative estimate of drug-likeness (QED) is 0.802. The highest BCUT2D eigenvalue weighted by molar-refractivity contribution is 5.78. The number of methoxy groups -OCH3 is 1. The molecular weight excluding hydrogens is 206 g/mol. The Balaban J connectivity index is 2.23. The molecule has 4 heteroatoms. The Morgan fingerprint density at radius 2 is 2.25 bits per heavy atom. The van der Waals surface area contributed by atoms with Crippen molar-refractivity contribution >= 4 is 16.9 Å². The Bertz CT molecular complexity index is 471. The summed E-state index contributed by atoms with van der Waals surface area (Å²) in [5, 5.41) is 0.984. The molecular formula is C12H13NO3. The lowest BCUT2D eigenvalue weighted by Gasteiger charge is -2.05. The van der Waals surface area contributed by atoms with E-state index >= 15 is 0 Å². The molecule has 2 rings (SSSR count). The van der Waals surface area contributed by atoms with Gasteiger partial charge in [0.25, 0.3) is 0 Å². The Hall–Kier alpha value is -1.81. The topological polar surface area (TPSA) is 65.5 Å². The van der Waals surface area contributed by atoms with E-state index in [0.29, 0.717) is 5.76 Å². The molecule has 0 aliphatic rings.